The van der Waals surface area contributed by atoms with Gasteiger partial charge in [0.2, 0.25) is 5.91 Å². The van der Waals surface area contributed by atoms with E-state index < -0.39 is 11.9 Å². The maximum atomic E-state index is 11.3. The maximum Gasteiger partial charge on any atom is 0.238 e. The third kappa shape index (κ3) is 5.30. The summed E-state index contributed by atoms with van der Waals surface area (Å²) in [6.07, 6.45) is 0. The second kappa shape index (κ2) is 7.14. The van der Waals surface area contributed by atoms with Crippen LogP contribution in [-0.2, 0) is 4.79 Å². The molecule has 19 heavy (non-hydrogen) atoms. The molecular formula is C15H24N2O2. The third-order valence-corrected chi connectivity index (χ3v) is 2.82. The van der Waals surface area contributed by atoms with Crippen LogP contribution >= 0.6 is 0 Å². The van der Waals surface area contributed by atoms with E-state index >= 15 is 0 Å². The van der Waals surface area contributed by atoms with Crippen LogP contribution in [0, 0.1) is 0 Å². The minimum absolute atomic E-state index is 0.183. The lowest BCUT2D eigenvalue weighted by Crippen LogP contribution is -2.48. The zero-order valence-corrected chi connectivity index (χ0v) is 12.1. The Hall–Kier alpha value is -1.55. The zero-order valence-electron chi connectivity index (χ0n) is 12.1. The Bertz CT molecular complexity index is 416. The van der Waals surface area contributed by atoms with Crippen LogP contribution in [0.1, 0.15) is 39.2 Å². The molecule has 1 unspecified atom stereocenters. The zero-order chi connectivity index (χ0) is 14.4. The van der Waals surface area contributed by atoms with Gasteiger partial charge >= 0.3 is 0 Å². The summed E-state index contributed by atoms with van der Waals surface area (Å²) < 4.78 is 5.66. The third-order valence-electron chi connectivity index (χ3n) is 2.82. The molecule has 4 heteroatoms. The van der Waals surface area contributed by atoms with E-state index in [1.54, 1.807) is 0 Å². The van der Waals surface area contributed by atoms with Crippen molar-refractivity contribution in [1.82, 2.24) is 5.32 Å². The normalized spacial score (nSPS) is 12.7. The molecule has 0 bridgehead atoms. The minimum atomic E-state index is -0.470. The van der Waals surface area contributed by atoms with Crippen molar-refractivity contribution in [1.29, 1.82) is 0 Å². The SMILES string of the molecule is CC(C)NC(COc1cccc(C(C)C)c1)C(N)=O. The number of primary amides is 1. The van der Waals surface area contributed by atoms with Gasteiger partial charge < -0.3 is 15.8 Å². The smallest absolute Gasteiger partial charge is 0.238 e. The Morgan fingerprint density at radius 3 is 2.53 bits per heavy atom. The van der Waals surface area contributed by atoms with Crippen molar-refractivity contribution in [3.8, 4) is 5.75 Å². The molecule has 0 fully saturated rings. The molecule has 0 aromatic heterocycles. The van der Waals surface area contributed by atoms with Crippen LogP contribution in [-0.4, -0.2) is 24.6 Å². The van der Waals surface area contributed by atoms with E-state index in [2.05, 4.69) is 25.2 Å². The van der Waals surface area contributed by atoms with Crippen LogP contribution in [0.5, 0.6) is 5.75 Å². The fourth-order valence-electron chi connectivity index (χ4n) is 1.76. The molecule has 1 atom stereocenters. The standard InChI is InChI=1S/C15H24N2O2/c1-10(2)12-6-5-7-13(8-12)19-9-14(15(16)18)17-11(3)4/h5-8,10-11,14,17H,9H2,1-4H3,(H2,16,18). The number of ether oxygens (including phenoxy) is 1. The maximum absolute atomic E-state index is 11.3. The molecule has 106 valence electrons. The summed E-state index contributed by atoms with van der Waals surface area (Å²) in [6.45, 7) is 8.44. The van der Waals surface area contributed by atoms with Crippen molar-refractivity contribution in [2.75, 3.05) is 6.61 Å². The first-order chi connectivity index (χ1) is 8.90. The van der Waals surface area contributed by atoms with Gasteiger partial charge in [-0.2, -0.15) is 0 Å². The molecule has 0 saturated carbocycles. The molecule has 1 amide bonds. The van der Waals surface area contributed by atoms with Gasteiger partial charge in [0.25, 0.3) is 0 Å². The molecule has 0 aliphatic heterocycles. The average molecular weight is 264 g/mol. The van der Waals surface area contributed by atoms with Gasteiger partial charge in [-0.1, -0.05) is 39.8 Å². The van der Waals surface area contributed by atoms with Gasteiger partial charge in [0.05, 0.1) is 0 Å². The van der Waals surface area contributed by atoms with E-state index in [4.69, 9.17) is 10.5 Å². The van der Waals surface area contributed by atoms with Crippen LogP contribution in [0.25, 0.3) is 0 Å². The highest BCUT2D eigenvalue weighted by atomic mass is 16.5. The summed E-state index contributed by atoms with van der Waals surface area (Å²) in [6, 6.07) is 7.62. The molecule has 0 spiro atoms. The molecule has 1 rings (SSSR count). The van der Waals surface area contributed by atoms with Gasteiger partial charge in [0.1, 0.15) is 18.4 Å². The Morgan fingerprint density at radius 2 is 2.00 bits per heavy atom. The Morgan fingerprint density at radius 1 is 1.32 bits per heavy atom. The summed E-state index contributed by atoms with van der Waals surface area (Å²) in [5.41, 5.74) is 6.56. The first-order valence-corrected chi connectivity index (χ1v) is 6.68. The summed E-state index contributed by atoms with van der Waals surface area (Å²) in [4.78, 5) is 11.3. The highest BCUT2D eigenvalue weighted by molar-refractivity contribution is 5.80. The molecule has 0 aliphatic rings. The van der Waals surface area contributed by atoms with Gasteiger partial charge in [-0.15, -0.1) is 0 Å². The van der Waals surface area contributed by atoms with Crippen molar-refractivity contribution in [3.63, 3.8) is 0 Å². The number of hydrogen-bond acceptors (Lipinski definition) is 3. The summed E-state index contributed by atoms with van der Waals surface area (Å²) >= 11 is 0. The topological polar surface area (TPSA) is 64.3 Å². The molecule has 0 radical (unpaired) electrons. The molecule has 0 aliphatic carbocycles. The number of benzene rings is 1. The number of amides is 1. The van der Waals surface area contributed by atoms with E-state index in [1.165, 1.54) is 5.56 Å². The van der Waals surface area contributed by atoms with Gasteiger partial charge in [0.15, 0.2) is 0 Å². The number of rotatable bonds is 7. The van der Waals surface area contributed by atoms with E-state index in [0.717, 1.165) is 5.75 Å². The first-order valence-electron chi connectivity index (χ1n) is 6.68. The highest BCUT2D eigenvalue weighted by Crippen LogP contribution is 2.20. The number of hydrogen-bond donors (Lipinski definition) is 2. The number of carbonyl (C=O) groups excluding carboxylic acids is 1. The van der Waals surface area contributed by atoms with Crippen LogP contribution in [0.3, 0.4) is 0 Å². The lowest BCUT2D eigenvalue weighted by Gasteiger charge is -2.19. The molecule has 1 aromatic rings. The first kappa shape index (κ1) is 15.5. The van der Waals surface area contributed by atoms with Gasteiger partial charge in [-0.25, -0.2) is 0 Å². The second-order valence-corrected chi connectivity index (χ2v) is 5.31. The van der Waals surface area contributed by atoms with E-state index in [1.807, 2.05) is 32.0 Å². The second-order valence-electron chi connectivity index (χ2n) is 5.31. The van der Waals surface area contributed by atoms with Crippen LogP contribution in [0.4, 0.5) is 0 Å². The van der Waals surface area contributed by atoms with E-state index in [0.29, 0.717) is 5.92 Å². The number of carbonyl (C=O) groups is 1. The summed E-state index contributed by atoms with van der Waals surface area (Å²) in [5, 5.41) is 3.09. The predicted octanol–water partition coefficient (Wildman–Crippen LogP) is 2.04. The number of nitrogens with one attached hydrogen (secondary N) is 1. The molecule has 1 aromatic carbocycles. The summed E-state index contributed by atoms with van der Waals surface area (Å²) in [7, 11) is 0. The number of nitrogens with two attached hydrogens (primary N) is 1. The van der Waals surface area contributed by atoms with Gasteiger partial charge in [-0.05, 0) is 23.6 Å². The molecule has 4 nitrogen and oxygen atoms in total. The minimum Gasteiger partial charge on any atom is -0.491 e. The quantitative estimate of drug-likeness (QED) is 0.792. The van der Waals surface area contributed by atoms with Crippen LogP contribution in [0.15, 0.2) is 24.3 Å². The Kier molecular flexibility index (Phi) is 5.83. The van der Waals surface area contributed by atoms with Crippen molar-refractivity contribution in [3.05, 3.63) is 29.8 Å². The Labute approximate surface area is 115 Å². The van der Waals surface area contributed by atoms with Crippen molar-refractivity contribution < 1.29 is 9.53 Å². The lowest BCUT2D eigenvalue weighted by atomic mass is 10.0. The van der Waals surface area contributed by atoms with Gasteiger partial charge in [-0.3, -0.25) is 4.79 Å². The largest absolute Gasteiger partial charge is 0.491 e. The molecule has 3 N–H and O–H groups in total. The lowest BCUT2D eigenvalue weighted by molar-refractivity contribution is -0.120. The van der Waals surface area contributed by atoms with E-state index in [9.17, 15) is 4.79 Å². The Balaban J connectivity index is 2.63. The fraction of sp³-hybridized carbons (Fsp3) is 0.533. The van der Waals surface area contributed by atoms with E-state index in [-0.39, 0.29) is 12.6 Å². The molecule has 0 saturated heterocycles. The fourth-order valence-corrected chi connectivity index (χ4v) is 1.76. The van der Waals surface area contributed by atoms with Gasteiger partial charge in [0, 0.05) is 6.04 Å². The monoisotopic (exact) mass is 264 g/mol. The summed E-state index contributed by atoms with van der Waals surface area (Å²) in [5.74, 6) is 0.820. The highest BCUT2D eigenvalue weighted by Gasteiger charge is 2.16. The van der Waals surface area contributed by atoms with Crippen molar-refractivity contribution in [2.24, 2.45) is 5.73 Å². The molecule has 0 heterocycles. The predicted molar refractivity (Wildman–Crippen MR) is 77.3 cm³/mol. The average Bonchev–Trinajstić information content (AvgIpc) is 2.34. The van der Waals surface area contributed by atoms with Crippen molar-refractivity contribution >= 4 is 5.91 Å². The van der Waals surface area contributed by atoms with Crippen molar-refractivity contribution in [2.45, 2.75) is 45.7 Å². The molecular weight excluding hydrogens is 240 g/mol. The van der Waals surface area contributed by atoms with Crippen LogP contribution < -0.4 is 15.8 Å². The van der Waals surface area contributed by atoms with Crippen LogP contribution in [0.2, 0.25) is 0 Å².